The second-order valence-corrected chi connectivity index (χ2v) is 16.5. The largest absolute Gasteiger partial charge is 0.310 e. The maximum atomic E-state index is 5.30. The first-order chi connectivity index (χ1) is 32.7. The number of hydrogen-bond acceptors (Lipinski definition) is 4. The van der Waals surface area contributed by atoms with Crippen LogP contribution in [0.25, 0.3) is 94.7 Å². The number of anilines is 3. The van der Waals surface area contributed by atoms with Gasteiger partial charge in [0, 0.05) is 39.0 Å². The van der Waals surface area contributed by atoms with E-state index in [-0.39, 0.29) is 0 Å². The molecule has 12 aromatic rings. The van der Waals surface area contributed by atoms with Crippen molar-refractivity contribution < 1.29 is 0 Å². The number of fused-ring (bicyclic) bond motifs is 4. The molecule has 0 spiro atoms. The Kier molecular flexibility index (Phi) is 9.77. The van der Waals surface area contributed by atoms with Gasteiger partial charge < -0.3 is 4.90 Å². The van der Waals surface area contributed by atoms with Crippen molar-refractivity contribution in [3.8, 4) is 62.1 Å². The second-order valence-electron chi connectivity index (χ2n) is 16.5. The summed E-state index contributed by atoms with van der Waals surface area (Å²) in [5, 5.41) is 4.64. The lowest BCUT2D eigenvalue weighted by atomic mass is 10.00. The SMILES string of the molecule is c1ccc(-c2ccc(N(c3cccc(-c4ccc5ccccc5c4)c3)c3ccc4c5ccc(-c6ccccc6)cc5n(-c5nc(-c6ccccc6)nc(-c6ccccc6)n5)c4c3)cc2)cc1. The fourth-order valence-electron chi connectivity index (χ4n) is 9.14. The third-order valence-corrected chi connectivity index (χ3v) is 12.4. The van der Waals surface area contributed by atoms with Crippen LogP contribution in [0, 0.1) is 0 Å². The minimum absolute atomic E-state index is 0.544. The molecule has 0 unspecified atom stereocenters. The molecule has 5 nitrogen and oxygen atoms in total. The average Bonchev–Trinajstić information content (AvgIpc) is 3.73. The summed E-state index contributed by atoms with van der Waals surface area (Å²) in [4.78, 5) is 18.0. The molecule has 66 heavy (non-hydrogen) atoms. The molecule has 2 aromatic heterocycles. The number of hydrogen-bond donors (Lipinski definition) is 0. The Morgan fingerprint density at radius 3 is 1.36 bits per heavy atom. The minimum atomic E-state index is 0.544. The predicted octanol–water partition coefficient (Wildman–Crippen LogP) is 15.9. The van der Waals surface area contributed by atoms with E-state index >= 15 is 0 Å². The number of aromatic nitrogens is 4. The first-order valence-corrected chi connectivity index (χ1v) is 22.3. The smallest absolute Gasteiger partial charge is 0.238 e. The highest BCUT2D eigenvalue weighted by Gasteiger charge is 2.22. The summed E-state index contributed by atoms with van der Waals surface area (Å²) in [6.45, 7) is 0. The van der Waals surface area contributed by atoms with Crippen molar-refractivity contribution in [2.24, 2.45) is 0 Å². The summed E-state index contributed by atoms with van der Waals surface area (Å²) < 4.78 is 2.23. The van der Waals surface area contributed by atoms with Gasteiger partial charge in [-0.05, 0) is 92.7 Å². The van der Waals surface area contributed by atoms with Crippen molar-refractivity contribution in [2.75, 3.05) is 4.90 Å². The van der Waals surface area contributed by atoms with Crippen LogP contribution in [-0.2, 0) is 0 Å². The maximum absolute atomic E-state index is 5.30. The highest BCUT2D eigenvalue weighted by atomic mass is 15.2. The summed E-state index contributed by atoms with van der Waals surface area (Å²) in [5.74, 6) is 1.76. The summed E-state index contributed by atoms with van der Waals surface area (Å²) in [6.07, 6.45) is 0. The van der Waals surface area contributed by atoms with Gasteiger partial charge in [-0.2, -0.15) is 9.97 Å². The summed E-state index contributed by atoms with van der Waals surface area (Å²) in [5.41, 5.74) is 13.8. The lowest BCUT2D eigenvalue weighted by Crippen LogP contribution is -2.10. The quantitative estimate of drug-likeness (QED) is 0.145. The topological polar surface area (TPSA) is 46.8 Å². The van der Waals surface area contributed by atoms with E-state index < -0.39 is 0 Å². The van der Waals surface area contributed by atoms with Gasteiger partial charge in [-0.25, -0.2) is 4.98 Å². The number of rotatable bonds is 9. The maximum Gasteiger partial charge on any atom is 0.238 e. The average molecular weight is 844 g/mol. The van der Waals surface area contributed by atoms with E-state index in [0.29, 0.717) is 17.6 Å². The van der Waals surface area contributed by atoms with Gasteiger partial charge in [0.05, 0.1) is 11.0 Å². The fraction of sp³-hybridized carbons (Fsp3) is 0. The normalized spacial score (nSPS) is 11.3. The molecule has 0 amide bonds. The van der Waals surface area contributed by atoms with Crippen LogP contribution in [0.2, 0.25) is 0 Å². The van der Waals surface area contributed by atoms with E-state index in [2.05, 4.69) is 222 Å². The Morgan fingerprint density at radius 1 is 0.273 bits per heavy atom. The van der Waals surface area contributed by atoms with Gasteiger partial charge in [-0.15, -0.1) is 0 Å². The predicted molar refractivity (Wildman–Crippen MR) is 274 cm³/mol. The minimum Gasteiger partial charge on any atom is -0.310 e. The molecule has 0 atom stereocenters. The Bertz CT molecular complexity index is 3620. The van der Waals surface area contributed by atoms with Gasteiger partial charge in [0.2, 0.25) is 5.95 Å². The van der Waals surface area contributed by atoms with Crippen LogP contribution in [-0.4, -0.2) is 19.5 Å². The Hall–Kier alpha value is -8.93. The van der Waals surface area contributed by atoms with Crippen molar-refractivity contribution in [3.63, 3.8) is 0 Å². The summed E-state index contributed by atoms with van der Waals surface area (Å²) in [6, 6.07) is 87.9. The molecule has 0 N–H and O–H groups in total. The highest BCUT2D eigenvalue weighted by molar-refractivity contribution is 6.11. The van der Waals surface area contributed by atoms with Gasteiger partial charge in [0.15, 0.2) is 11.6 Å². The van der Waals surface area contributed by atoms with E-state index in [0.717, 1.165) is 77.8 Å². The second kappa shape index (κ2) is 16.6. The van der Waals surface area contributed by atoms with Crippen molar-refractivity contribution in [1.82, 2.24) is 19.5 Å². The van der Waals surface area contributed by atoms with E-state index in [4.69, 9.17) is 15.0 Å². The Balaban J connectivity index is 1.10. The van der Waals surface area contributed by atoms with E-state index in [1.54, 1.807) is 0 Å². The van der Waals surface area contributed by atoms with Gasteiger partial charge in [-0.3, -0.25) is 4.57 Å². The molecule has 0 aliphatic rings. The number of nitrogens with zero attached hydrogens (tertiary/aromatic N) is 5. The molecule has 310 valence electrons. The molecule has 0 bridgehead atoms. The van der Waals surface area contributed by atoms with Crippen molar-refractivity contribution >= 4 is 49.6 Å². The van der Waals surface area contributed by atoms with Crippen LogP contribution in [0.1, 0.15) is 0 Å². The molecule has 0 radical (unpaired) electrons. The fourth-order valence-corrected chi connectivity index (χ4v) is 9.14. The van der Waals surface area contributed by atoms with Crippen molar-refractivity contribution in [2.45, 2.75) is 0 Å². The molecule has 0 fully saturated rings. The zero-order chi connectivity index (χ0) is 43.8. The lowest BCUT2D eigenvalue weighted by Gasteiger charge is -2.26. The van der Waals surface area contributed by atoms with Gasteiger partial charge in [0.1, 0.15) is 0 Å². The summed E-state index contributed by atoms with van der Waals surface area (Å²) in [7, 11) is 0. The first kappa shape index (κ1) is 38.7. The zero-order valence-electron chi connectivity index (χ0n) is 35.9. The molecule has 0 aliphatic heterocycles. The standard InChI is InChI=1S/C61H41N5/c1-5-16-42(17-6-1)45-30-33-52(34-31-45)65(53-27-15-26-49(39-53)50-29-28-44-20-13-14-25-48(44)38-50)54-35-37-56-55-36-32-51(43-18-7-2-8-19-43)40-57(55)66(58(56)41-54)61-63-59(46-21-9-3-10-22-46)62-60(64-61)47-23-11-4-12-24-47/h1-41H. The van der Waals surface area contributed by atoms with Crippen LogP contribution in [0.3, 0.4) is 0 Å². The van der Waals surface area contributed by atoms with Crippen molar-refractivity contribution in [3.05, 3.63) is 249 Å². The molecule has 10 aromatic carbocycles. The molecular formula is C61H41N5. The Morgan fingerprint density at radius 2 is 0.712 bits per heavy atom. The van der Waals surface area contributed by atoms with Crippen LogP contribution < -0.4 is 4.90 Å². The third-order valence-electron chi connectivity index (χ3n) is 12.4. The lowest BCUT2D eigenvalue weighted by molar-refractivity contribution is 0.953. The molecule has 5 heteroatoms. The molecule has 12 rings (SSSR count). The van der Waals surface area contributed by atoms with Gasteiger partial charge >= 0.3 is 0 Å². The highest BCUT2D eigenvalue weighted by Crippen LogP contribution is 2.42. The van der Waals surface area contributed by atoms with E-state index in [1.807, 2.05) is 36.4 Å². The van der Waals surface area contributed by atoms with Crippen LogP contribution in [0.4, 0.5) is 17.1 Å². The third kappa shape index (κ3) is 7.25. The monoisotopic (exact) mass is 843 g/mol. The van der Waals surface area contributed by atoms with Crippen LogP contribution in [0.5, 0.6) is 0 Å². The van der Waals surface area contributed by atoms with Gasteiger partial charge in [-0.1, -0.05) is 200 Å². The Labute approximate surface area is 383 Å². The molecule has 2 heterocycles. The van der Waals surface area contributed by atoms with Crippen LogP contribution in [0.15, 0.2) is 249 Å². The van der Waals surface area contributed by atoms with Gasteiger partial charge in [0.25, 0.3) is 0 Å². The zero-order valence-corrected chi connectivity index (χ0v) is 35.9. The first-order valence-electron chi connectivity index (χ1n) is 22.3. The molecule has 0 saturated carbocycles. The number of benzene rings is 10. The van der Waals surface area contributed by atoms with E-state index in [1.165, 1.54) is 16.3 Å². The summed E-state index contributed by atoms with van der Waals surface area (Å²) >= 11 is 0. The van der Waals surface area contributed by atoms with E-state index in [9.17, 15) is 0 Å². The van der Waals surface area contributed by atoms with Crippen molar-refractivity contribution in [1.29, 1.82) is 0 Å². The van der Waals surface area contributed by atoms with Crippen LogP contribution >= 0.6 is 0 Å². The molecule has 0 saturated heterocycles. The molecule has 0 aliphatic carbocycles. The molecular weight excluding hydrogens is 803 g/mol.